The third kappa shape index (κ3) is 5.87. The number of ether oxygens (including phenoxy) is 2. The molecule has 3 aliphatic carbocycles. The highest BCUT2D eigenvalue weighted by atomic mass is 32.2. The molecule has 0 amide bonds. The number of hydrogen-bond acceptors (Lipinski definition) is 11. The maximum atomic E-state index is 14.8. The number of nitrogens with one attached hydrogen (secondary N) is 1. The van der Waals surface area contributed by atoms with E-state index in [1.165, 1.54) is 24.3 Å². The van der Waals surface area contributed by atoms with Crippen LogP contribution in [0.1, 0.15) is 51.6 Å². The second-order valence-corrected chi connectivity index (χ2v) is 15.3. The van der Waals surface area contributed by atoms with Gasteiger partial charge in [0.25, 0.3) is 0 Å². The molecule has 2 saturated carbocycles. The highest BCUT2D eigenvalue weighted by Gasteiger charge is 2.46. The van der Waals surface area contributed by atoms with Crippen molar-refractivity contribution in [3.05, 3.63) is 46.5 Å². The van der Waals surface area contributed by atoms with E-state index in [4.69, 9.17) is 30.2 Å². The average molecular weight is 647 g/mol. The van der Waals surface area contributed by atoms with Gasteiger partial charge in [-0.3, -0.25) is 9.88 Å². The zero-order chi connectivity index (χ0) is 32.2. The SMILES string of the molecule is C[C@@H]1CN(CC2(COc3nc(NCC4(N(C)C)CCC4)c4cnc(C5=CC=C(F)C6SC(N)=C(C#N)C56)cc4n3)CC2)C[C@@H](C)O1. The number of rotatable bonds is 10. The van der Waals surface area contributed by atoms with Crippen molar-refractivity contribution < 1.29 is 13.9 Å². The normalized spacial score (nSPS) is 28.3. The zero-order valence-corrected chi connectivity index (χ0v) is 27.9. The molecule has 2 aromatic rings. The average Bonchev–Trinajstić information content (AvgIpc) is 3.66. The summed E-state index contributed by atoms with van der Waals surface area (Å²) in [6.07, 6.45) is 11.1. The number of halogens is 1. The largest absolute Gasteiger partial charge is 0.463 e. The van der Waals surface area contributed by atoms with Gasteiger partial charge in [0.05, 0.1) is 57.3 Å². The first-order valence-electron chi connectivity index (χ1n) is 16.3. The minimum Gasteiger partial charge on any atom is -0.463 e. The van der Waals surface area contributed by atoms with Gasteiger partial charge in [-0.2, -0.15) is 15.2 Å². The van der Waals surface area contributed by atoms with Crippen LogP contribution in [-0.2, 0) is 4.74 Å². The van der Waals surface area contributed by atoms with Crippen molar-refractivity contribution in [1.29, 1.82) is 5.26 Å². The van der Waals surface area contributed by atoms with Gasteiger partial charge in [0.15, 0.2) is 0 Å². The molecule has 0 aromatic carbocycles. The predicted octanol–water partition coefficient (Wildman–Crippen LogP) is 4.87. The summed E-state index contributed by atoms with van der Waals surface area (Å²) < 4.78 is 27.2. The van der Waals surface area contributed by atoms with Gasteiger partial charge in [-0.15, -0.1) is 0 Å². The molecular formula is C34H43FN8O2S. The van der Waals surface area contributed by atoms with E-state index in [9.17, 15) is 9.65 Å². The van der Waals surface area contributed by atoms with Crippen LogP contribution in [0.3, 0.4) is 0 Å². The number of fused-ring (bicyclic) bond motifs is 2. The van der Waals surface area contributed by atoms with Crippen LogP contribution in [0.25, 0.3) is 16.5 Å². The molecule has 3 fully saturated rings. The smallest absolute Gasteiger partial charge is 0.318 e. The molecule has 2 aromatic heterocycles. The summed E-state index contributed by atoms with van der Waals surface area (Å²) in [4.78, 5) is 19.4. The number of hydrogen-bond donors (Lipinski definition) is 2. The van der Waals surface area contributed by atoms with E-state index in [1.807, 2.05) is 6.07 Å². The predicted molar refractivity (Wildman–Crippen MR) is 179 cm³/mol. The van der Waals surface area contributed by atoms with Gasteiger partial charge in [0, 0.05) is 49.2 Å². The summed E-state index contributed by atoms with van der Waals surface area (Å²) in [6, 6.07) is 4.44. The Balaban J connectivity index is 1.19. The molecule has 2 unspecified atom stereocenters. The number of nitrogens with two attached hydrogens (primary N) is 1. The molecule has 10 nitrogen and oxygen atoms in total. The van der Waals surface area contributed by atoms with Crippen LogP contribution in [0.5, 0.6) is 6.01 Å². The number of likely N-dealkylation sites (N-methyl/N-ethyl adjacent to an activating group) is 1. The Kier molecular flexibility index (Phi) is 8.24. The van der Waals surface area contributed by atoms with Crippen molar-refractivity contribution >= 4 is 34.1 Å². The van der Waals surface area contributed by atoms with Crippen LogP contribution >= 0.6 is 11.8 Å². The molecule has 1 saturated heterocycles. The van der Waals surface area contributed by atoms with Crippen molar-refractivity contribution in [2.75, 3.05) is 52.2 Å². The van der Waals surface area contributed by atoms with Crippen LogP contribution < -0.4 is 15.8 Å². The van der Waals surface area contributed by atoms with Crippen LogP contribution in [-0.4, -0.2) is 94.6 Å². The highest BCUT2D eigenvalue weighted by Crippen LogP contribution is 2.51. The van der Waals surface area contributed by atoms with Crippen molar-refractivity contribution in [2.24, 2.45) is 17.1 Å². The number of anilines is 1. The first-order valence-corrected chi connectivity index (χ1v) is 17.2. The number of morpholine rings is 1. The first kappa shape index (κ1) is 31.4. The third-order valence-electron chi connectivity index (χ3n) is 10.5. The number of allylic oxidation sites excluding steroid dienone is 4. The Bertz CT molecular complexity index is 1650. The molecule has 12 heteroatoms. The fourth-order valence-electron chi connectivity index (χ4n) is 7.45. The molecular weight excluding hydrogens is 603 g/mol. The lowest BCUT2D eigenvalue weighted by Gasteiger charge is -2.47. The summed E-state index contributed by atoms with van der Waals surface area (Å²) in [5.41, 5.74) is 8.76. The molecule has 3 N–H and O–H groups in total. The quantitative estimate of drug-likeness (QED) is 0.368. The Morgan fingerprint density at radius 2 is 1.96 bits per heavy atom. The molecule has 46 heavy (non-hydrogen) atoms. The molecule has 0 spiro atoms. The van der Waals surface area contributed by atoms with Gasteiger partial charge in [-0.05, 0) is 77.8 Å². The van der Waals surface area contributed by atoms with Crippen molar-refractivity contribution in [2.45, 2.75) is 68.9 Å². The van der Waals surface area contributed by atoms with Crippen molar-refractivity contribution in [3.8, 4) is 12.1 Å². The second kappa shape index (κ2) is 12.1. The number of nitrogens with zero attached hydrogens (tertiary/aromatic N) is 6. The number of nitriles is 1. The van der Waals surface area contributed by atoms with E-state index in [0.29, 0.717) is 40.2 Å². The van der Waals surface area contributed by atoms with Gasteiger partial charge < -0.3 is 25.4 Å². The monoisotopic (exact) mass is 646 g/mol. The van der Waals surface area contributed by atoms with Gasteiger partial charge in [0.1, 0.15) is 11.6 Å². The molecule has 4 atom stereocenters. The summed E-state index contributed by atoms with van der Waals surface area (Å²) in [5.74, 6) is -0.107. The lowest BCUT2D eigenvalue weighted by atomic mass is 9.75. The molecule has 0 radical (unpaired) electrons. The molecule has 4 heterocycles. The lowest BCUT2D eigenvalue weighted by Crippen LogP contribution is -2.54. The molecule has 5 aliphatic rings. The molecule has 2 aliphatic heterocycles. The molecule has 0 bridgehead atoms. The Labute approximate surface area is 274 Å². The summed E-state index contributed by atoms with van der Waals surface area (Å²) in [6.45, 7) is 8.40. The van der Waals surface area contributed by atoms with Gasteiger partial charge >= 0.3 is 6.01 Å². The first-order chi connectivity index (χ1) is 22.1. The van der Waals surface area contributed by atoms with Crippen molar-refractivity contribution in [3.63, 3.8) is 0 Å². The molecule has 7 rings (SSSR count). The Hall–Kier alpha value is -3.24. The van der Waals surface area contributed by atoms with E-state index in [0.717, 1.165) is 62.8 Å². The fraction of sp³-hybridized carbons (Fsp3) is 0.588. The zero-order valence-electron chi connectivity index (χ0n) is 27.1. The Morgan fingerprint density at radius 1 is 1.20 bits per heavy atom. The lowest BCUT2D eigenvalue weighted by molar-refractivity contribution is -0.0741. The van der Waals surface area contributed by atoms with Crippen LogP contribution in [0.15, 0.2) is 40.8 Å². The fourth-order valence-corrected chi connectivity index (χ4v) is 8.63. The summed E-state index contributed by atoms with van der Waals surface area (Å²) in [5, 5.41) is 14.1. The van der Waals surface area contributed by atoms with E-state index >= 15 is 0 Å². The van der Waals surface area contributed by atoms with E-state index in [-0.39, 0.29) is 29.0 Å². The topological polar surface area (TPSA) is 125 Å². The maximum absolute atomic E-state index is 14.8. The number of pyridine rings is 1. The summed E-state index contributed by atoms with van der Waals surface area (Å²) in [7, 11) is 4.26. The Morgan fingerprint density at radius 3 is 2.61 bits per heavy atom. The van der Waals surface area contributed by atoms with Gasteiger partial charge in [-0.1, -0.05) is 17.8 Å². The van der Waals surface area contributed by atoms with Crippen molar-refractivity contribution in [1.82, 2.24) is 24.8 Å². The number of aromatic nitrogens is 3. The van der Waals surface area contributed by atoms with E-state index < -0.39 is 11.2 Å². The second-order valence-electron chi connectivity index (χ2n) is 14.1. The van der Waals surface area contributed by atoms with E-state index in [1.54, 1.807) is 12.3 Å². The van der Waals surface area contributed by atoms with Gasteiger partial charge in [0.2, 0.25) is 0 Å². The minimum atomic E-state index is -0.564. The van der Waals surface area contributed by atoms with Crippen LogP contribution in [0, 0.1) is 22.7 Å². The summed E-state index contributed by atoms with van der Waals surface area (Å²) >= 11 is 1.20. The number of thioether (sulfide) groups is 1. The molecule has 244 valence electrons. The maximum Gasteiger partial charge on any atom is 0.318 e. The standard InChI is InChI=1S/C34H43FN8O2S/c1-20-15-43(16-21(2)45-20)18-33(10-11-33)19-44-32-40-27-12-26(22-6-7-25(35)29-28(22)23(13-36)30(37)46-29)38-14-24(27)31(41-32)39-17-34(42(3)4)8-5-9-34/h6-7,12,14,20-21,28-29H,5,8-11,15-19,37H2,1-4H3,(H,39,40,41)/t20-,21-,28?,29?/m1/s1. The van der Waals surface area contributed by atoms with Gasteiger partial charge in [-0.25, -0.2) is 4.39 Å². The third-order valence-corrected chi connectivity index (χ3v) is 11.7. The highest BCUT2D eigenvalue weighted by molar-refractivity contribution is 8.04. The van der Waals surface area contributed by atoms with Crippen LogP contribution in [0.2, 0.25) is 0 Å². The van der Waals surface area contributed by atoms with E-state index in [2.05, 4.69) is 49.1 Å². The van der Waals surface area contributed by atoms with Crippen LogP contribution in [0.4, 0.5) is 10.2 Å². The minimum absolute atomic E-state index is 0.0780.